The van der Waals surface area contributed by atoms with Crippen LogP contribution in [0.3, 0.4) is 0 Å². The molecule has 0 radical (unpaired) electrons. The minimum absolute atomic E-state index is 0.0260. The van der Waals surface area contributed by atoms with Gasteiger partial charge in [0.2, 0.25) is 0 Å². The number of benzene rings is 3. The van der Waals surface area contributed by atoms with Crippen LogP contribution in [0.1, 0.15) is 36.9 Å². The Labute approximate surface area is 200 Å². The Morgan fingerprint density at radius 2 is 1.66 bits per heavy atom. The van der Waals surface area contributed by atoms with Gasteiger partial charge in [0, 0.05) is 58.4 Å². The van der Waals surface area contributed by atoms with Crippen molar-refractivity contribution in [2.24, 2.45) is 0 Å². The van der Waals surface area contributed by atoms with E-state index in [4.69, 9.17) is 15.9 Å². The number of fused-ring (bicyclic) bond motifs is 1. The van der Waals surface area contributed by atoms with Gasteiger partial charge in [-0.1, -0.05) is 0 Å². The molecule has 4 N–H and O–H groups in total. The molecular weight excluding hydrogens is 455 g/mol. The van der Waals surface area contributed by atoms with Crippen molar-refractivity contribution in [3.63, 3.8) is 0 Å². The molecule has 2 heterocycles. The maximum Gasteiger partial charge on any atom is 0.187 e. The molecule has 1 aliphatic heterocycles. The van der Waals surface area contributed by atoms with E-state index in [9.17, 15) is 18.3 Å². The average molecular weight is 480 g/mol. The number of nitrogens with zero attached hydrogens (tertiary/aromatic N) is 1. The first-order valence-electron chi connectivity index (χ1n) is 11.3. The zero-order valence-electron chi connectivity index (χ0n) is 19.0. The van der Waals surface area contributed by atoms with Crippen LogP contribution >= 0.6 is 0 Å². The molecule has 5 rings (SSSR count). The molecule has 4 aromatic rings. The second-order valence-corrected chi connectivity index (χ2v) is 8.83. The summed E-state index contributed by atoms with van der Waals surface area (Å²) in [6.07, 6.45) is 1.36. The number of hydrogen-bond acceptors (Lipinski definition) is 4. The number of nitrogen functional groups attached to an aromatic ring is 1. The van der Waals surface area contributed by atoms with Crippen LogP contribution in [0.15, 0.2) is 48.5 Å². The van der Waals surface area contributed by atoms with E-state index in [-0.39, 0.29) is 23.0 Å². The number of nitrogens with two attached hydrogens (primary N) is 1. The molecule has 0 saturated carbocycles. The van der Waals surface area contributed by atoms with Crippen LogP contribution in [-0.4, -0.2) is 28.6 Å². The van der Waals surface area contributed by atoms with Gasteiger partial charge in [-0.3, -0.25) is 0 Å². The van der Waals surface area contributed by atoms with Crippen LogP contribution < -0.4 is 5.73 Å². The van der Waals surface area contributed by atoms with Crippen LogP contribution in [-0.2, 0) is 4.74 Å². The number of anilines is 1. The van der Waals surface area contributed by atoms with Crippen molar-refractivity contribution in [2.75, 3.05) is 18.9 Å². The summed E-state index contributed by atoms with van der Waals surface area (Å²) in [5.41, 5.74) is 10.4. The van der Waals surface area contributed by atoms with E-state index >= 15 is 0 Å². The van der Waals surface area contributed by atoms with Crippen molar-refractivity contribution in [2.45, 2.75) is 25.7 Å². The SMILES string of the molecule is CC(=N)c1cc2c(cc1N)c(-c1cc(F)c(O)c(F)c1)c(C1CCOCC1)n2-c1ccc(F)cc1. The van der Waals surface area contributed by atoms with Crippen molar-refractivity contribution in [1.29, 1.82) is 5.41 Å². The van der Waals surface area contributed by atoms with Gasteiger partial charge in [-0.05, 0) is 73.9 Å². The van der Waals surface area contributed by atoms with Gasteiger partial charge in [-0.2, -0.15) is 0 Å². The van der Waals surface area contributed by atoms with E-state index in [2.05, 4.69) is 0 Å². The Kier molecular flexibility index (Phi) is 5.76. The standard InChI is InChI=1S/C27H24F3N3O2/c1-14(31)19-13-24-20(12-23(19)32)25(16-10-21(29)27(34)22(30)11-16)26(15-6-8-35-9-7-15)33(24)18-4-2-17(28)3-5-18/h2-5,10-13,15,31,34H,6-9,32H2,1H3. The maximum absolute atomic E-state index is 14.5. The Hall–Kier alpha value is -3.78. The fourth-order valence-electron chi connectivity index (χ4n) is 4.93. The number of ether oxygens (including phenoxy) is 1. The molecule has 8 heteroatoms. The largest absolute Gasteiger partial charge is 0.503 e. The monoisotopic (exact) mass is 479 g/mol. The molecular formula is C27H24F3N3O2. The molecule has 0 spiro atoms. The summed E-state index contributed by atoms with van der Waals surface area (Å²) in [6, 6.07) is 11.7. The summed E-state index contributed by atoms with van der Waals surface area (Å²) in [5.74, 6) is -3.59. The third-order valence-electron chi connectivity index (χ3n) is 6.58. The first kappa shape index (κ1) is 23.0. The molecule has 180 valence electrons. The molecule has 3 aromatic carbocycles. The fraction of sp³-hybridized carbons (Fsp3) is 0.222. The molecule has 1 fully saturated rings. The summed E-state index contributed by atoms with van der Waals surface area (Å²) >= 11 is 0. The molecule has 1 aromatic heterocycles. The van der Waals surface area contributed by atoms with Gasteiger partial charge in [-0.15, -0.1) is 0 Å². The highest BCUT2D eigenvalue weighted by Gasteiger charge is 2.29. The van der Waals surface area contributed by atoms with Gasteiger partial charge >= 0.3 is 0 Å². The summed E-state index contributed by atoms with van der Waals surface area (Å²) in [5, 5.41) is 18.5. The third kappa shape index (κ3) is 3.93. The average Bonchev–Trinajstić information content (AvgIpc) is 3.16. The van der Waals surface area contributed by atoms with Gasteiger partial charge < -0.3 is 25.6 Å². The molecule has 35 heavy (non-hydrogen) atoms. The fourth-order valence-corrected chi connectivity index (χ4v) is 4.93. The highest BCUT2D eigenvalue weighted by Crippen LogP contribution is 2.45. The number of halogens is 3. The first-order chi connectivity index (χ1) is 16.8. The lowest BCUT2D eigenvalue weighted by Gasteiger charge is -2.26. The van der Waals surface area contributed by atoms with E-state index in [0.29, 0.717) is 59.5 Å². The second kappa shape index (κ2) is 8.78. The summed E-state index contributed by atoms with van der Waals surface area (Å²) < 4.78 is 50.4. The lowest BCUT2D eigenvalue weighted by molar-refractivity contribution is 0.0843. The van der Waals surface area contributed by atoms with Gasteiger partial charge in [-0.25, -0.2) is 13.2 Å². The molecule has 0 unspecified atom stereocenters. The topological polar surface area (TPSA) is 84.3 Å². The molecule has 1 aliphatic rings. The molecule has 0 atom stereocenters. The smallest absolute Gasteiger partial charge is 0.187 e. The molecule has 0 bridgehead atoms. The zero-order chi connectivity index (χ0) is 24.9. The number of phenolic OH excluding ortho intramolecular Hbond substituents is 1. The van der Waals surface area contributed by atoms with Gasteiger partial charge in [0.1, 0.15) is 5.82 Å². The normalized spacial score (nSPS) is 14.5. The molecule has 0 amide bonds. The maximum atomic E-state index is 14.5. The number of phenols is 1. The Morgan fingerprint density at radius 3 is 2.26 bits per heavy atom. The van der Waals surface area contributed by atoms with Crippen molar-refractivity contribution >= 4 is 22.3 Å². The second-order valence-electron chi connectivity index (χ2n) is 8.83. The zero-order valence-corrected chi connectivity index (χ0v) is 19.0. The number of hydrogen-bond donors (Lipinski definition) is 3. The van der Waals surface area contributed by atoms with E-state index in [0.717, 1.165) is 17.8 Å². The predicted octanol–water partition coefficient (Wildman–Crippen LogP) is 6.28. The predicted molar refractivity (Wildman–Crippen MR) is 130 cm³/mol. The molecule has 1 saturated heterocycles. The minimum atomic E-state index is -1.07. The van der Waals surface area contributed by atoms with Crippen LogP contribution in [0.5, 0.6) is 5.75 Å². The van der Waals surface area contributed by atoms with Crippen LogP contribution in [0.25, 0.3) is 27.7 Å². The Balaban J connectivity index is 1.94. The quantitative estimate of drug-likeness (QED) is 0.238. The summed E-state index contributed by atoms with van der Waals surface area (Å²) in [4.78, 5) is 0. The van der Waals surface area contributed by atoms with Crippen molar-refractivity contribution in [3.8, 4) is 22.6 Å². The lowest BCUT2D eigenvalue weighted by Crippen LogP contribution is -2.17. The highest BCUT2D eigenvalue weighted by molar-refractivity contribution is 6.09. The van der Waals surface area contributed by atoms with E-state index in [1.807, 2.05) is 4.57 Å². The lowest BCUT2D eigenvalue weighted by atomic mass is 9.89. The molecule has 5 nitrogen and oxygen atoms in total. The minimum Gasteiger partial charge on any atom is -0.503 e. The van der Waals surface area contributed by atoms with Gasteiger partial charge in [0.25, 0.3) is 0 Å². The van der Waals surface area contributed by atoms with E-state index in [1.165, 1.54) is 12.1 Å². The van der Waals surface area contributed by atoms with Crippen molar-refractivity contribution in [3.05, 3.63) is 77.2 Å². The third-order valence-corrected chi connectivity index (χ3v) is 6.58. The number of rotatable bonds is 4. The number of nitrogens with one attached hydrogen (secondary N) is 1. The van der Waals surface area contributed by atoms with Gasteiger partial charge in [0.15, 0.2) is 17.4 Å². The molecule has 0 aliphatic carbocycles. The Morgan fingerprint density at radius 1 is 1.03 bits per heavy atom. The highest BCUT2D eigenvalue weighted by atomic mass is 19.1. The number of aromatic nitrogens is 1. The summed E-state index contributed by atoms with van der Waals surface area (Å²) in [7, 11) is 0. The van der Waals surface area contributed by atoms with Gasteiger partial charge in [0.05, 0.1) is 5.52 Å². The van der Waals surface area contributed by atoms with E-state index in [1.54, 1.807) is 31.2 Å². The van der Waals surface area contributed by atoms with Crippen LogP contribution in [0.4, 0.5) is 18.9 Å². The van der Waals surface area contributed by atoms with E-state index < -0.39 is 17.4 Å². The Bertz CT molecular complexity index is 1430. The van der Waals surface area contributed by atoms with Crippen molar-refractivity contribution in [1.82, 2.24) is 4.57 Å². The van der Waals surface area contributed by atoms with Crippen molar-refractivity contribution < 1.29 is 23.0 Å². The summed E-state index contributed by atoms with van der Waals surface area (Å²) in [6.45, 7) is 2.69. The van der Waals surface area contributed by atoms with Crippen LogP contribution in [0.2, 0.25) is 0 Å². The van der Waals surface area contributed by atoms with Crippen LogP contribution in [0, 0.1) is 22.9 Å². The first-order valence-corrected chi connectivity index (χ1v) is 11.3. The number of aromatic hydroxyl groups is 1.